The molecule has 0 aliphatic carbocycles. The van der Waals surface area contributed by atoms with Gasteiger partial charge in [0.2, 0.25) is 17.7 Å². The van der Waals surface area contributed by atoms with Crippen molar-refractivity contribution in [2.24, 2.45) is 0 Å². The summed E-state index contributed by atoms with van der Waals surface area (Å²) >= 11 is 1.27. The van der Waals surface area contributed by atoms with Crippen LogP contribution in [0.5, 0.6) is 0 Å². The van der Waals surface area contributed by atoms with Gasteiger partial charge >= 0.3 is 0 Å². The number of imidazole rings is 1. The van der Waals surface area contributed by atoms with E-state index < -0.39 is 35.6 Å². The number of thiazole rings is 1. The molecule has 8 heterocycles. The summed E-state index contributed by atoms with van der Waals surface area (Å²) in [6, 6.07) is 14.6. The highest BCUT2D eigenvalue weighted by Crippen LogP contribution is 2.40. The van der Waals surface area contributed by atoms with Crippen molar-refractivity contribution in [2.45, 2.75) is 88.1 Å². The predicted octanol–water partition coefficient (Wildman–Crippen LogP) is 5.45. The van der Waals surface area contributed by atoms with E-state index in [2.05, 4.69) is 35.7 Å². The third kappa shape index (κ3) is 7.78. The van der Waals surface area contributed by atoms with Gasteiger partial charge in [-0.1, -0.05) is 18.2 Å². The molecule has 2 bridgehead atoms. The van der Waals surface area contributed by atoms with Gasteiger partial charge in [-0.3, -0.25) is 39.5 Å². The predicted molar refractivity (Wildman–Crippen MR) is 242 cm³/mol. The summed E-state index contributed by atoms with van der Waals surface area (Å²) in [5, 5.41) is 10.4. The lowest BCUT2D eigenvalue weighted by atomic mass is 9.89. The average Bonchev–Trinajstić information content (AvgIpc) is 4.19. The molecule has 11 rings (SSSR count). The van der Waals surface area contributed by atoms with Gasteiger partial charge < -0.3 is 24.6 Å². The molecule has 3 aromatic carbocycles. The molecule has 4 atom stereocenters. The van der Waals surface area contributed by atoms with Crippen LogP contribution < -0.4 is 20.9 Å². The number of hydrogen-bond acceptors (Lipinski definition) is 11. The lowest BCUT2D eigenvalue weighted by Gasteiger charge is -2.38. The minimum absolute atomic E-state index is 0.0272. The van der Waals surface area contributed by atoms with E-state index >= 15 is 8.78 Å². The molecule has 18 heteroatoms. The number of rotatable bonds is 11. The van der Waals surface area contributed by atoms with Gasteiger partial charge in [0.15, 0.2) is 11.2 Å². The summed E-state index contributed by atoms with van der Waals surface area (Å²) in [6.07, 6.45) is 7.88. The smallest absolute Gasteiger partial charge is 0.255 e. The molecule has 4 saturated heterocycles. The molecular weight excluding hydrogens is 867 g/mol. The second-order valence-electron chi connectivity index (χ2n) is 18.2. The second-order valence-corrected chi connectivity index (χ2v) is 19.1. The Bertz CT molecular complexity index is 2760. The van der Waals surface area contributed by atoms with Crippen LogP contribution in [0.3, 0.4) is 0 Å². The van der Waals surface area contributed by atoms with E-state index in [0.29, 0.717) is 66.8 Å². The summed E-state index contributed by atoms with van der Waals surface area (Å²) in [6.45, 7) is 3.76. The van der Waals surface area contributed by atoms with Gasteiger partial charge in [-0.25, -0.2) is 18.7 Å². The summed E-state index contributed by atoms with van der Waals surface area (Å²) in [4.78, 5) is 82.0. The summed E-state index contributed by atoms with van der Waals surface area (Å²) in [7, 11) is 0. The third-order valence-electron chi connectivity index (χ3n) is 14.3. The van der Waals surface area contributed by atoms with Crippen LogP contribution in [-0.2, 0) is 38.7 Å². The lowest BCUT2D eigenvalue weighted by molar-refractivity contribution is -0.134. The standard InChI is InChI=1S/C48H48F2N10O5S/c49-37-19-29(18-35-36(37)24-60(47(35)65)44(46(64)55-48-51-13-17-66-48)43-40-2-1-14-57(40)26-52-43)27-3-6-31(7-4-27)58-22-33-21-32(58)23-59(33)42(62)25-56-15-11-28(12-16-56)34-8-5-30(20-38(34)50)53-39-9-10-41(61)54-45(39)63/h3-8,13,17-20,26,28,32-33,39,44,53H,1-2,9-12,14-16,21-25H2,(H,51,55,64)(H,54,61,63)/t32-,33-,39?,44?/m1/s1. The summed E-state index contributed by atoms with van der Waals surface area (Å²) < 4.78 is 33.3. The number of amides is 5. The number of aromatic nitrogens is 3. The van der Waals surface area contributed by atoms with Crippen LogP contribution >= 0.6 is 11.3 Å². The zero-order chi connectivity index (χ0) is 45.2. The van der Waals surface area contributed by atoms with Crippen LogP contribution in [0, 0.1) is 11.6 Å². The van der Waals surface area contributed by atoms with Crippen LogP contribution in [0.25, 0.3) is 11.1 Å². The molecule has 66 heavy (non-hydrogen) atoms. The SMILES string of the molecule is O=C1CCC(Nc2ccc(C3CCN(CC(=O)N4C[C@H]5C[C@@H]4CN5c4ccc(-c5cc(F)c6c(c5)C(=O)N(C(C(=O)Nc5nccs5)c5ncn7c5CCC7)C6)cc4)CC3)c(F)c2)C(=O)N1. The largest absolute Gasteiger partial charge is 0.374 e. The highest BCUT2D eigenvalue weighted by molar-refractivity contribution is 7.13. The van der Waals surface area contributed by atoms with Crippen molar-refractivity contribution in [3.05, 3.63) is 112 Å². The number of piperazine rings is 1. The number of piperidine rings is 2. The highest BCUT2D eigenvalue weighted by atomic mass is 32.1. The number of carbonyl (C=O) groups is 5. The second kappa shape index (κ2) is 17.0. The molecule has 15 nitrogen and oxygen atoms in total. The molecule has 5 amide bonds. The maximum absolute atomic E-state index is 16.0. The highest BCUT2D eigenvalue weighted by Gasteiger charge is 2.46. The van der Waals surface area contributed by atoms with Crippen molar-refractivity contribution < 1.29 is 32.8 Å². The van der Waals surface area contributed by atoms with Gasteiger partial charge in [-0.15, -0.1) is 11.3 Å². The summed E-state index contributed by atoms with van der Waals surface area (Å²) in [5.41, 5.74) is 5.34. The number of aryl methyl sites for hydroxylation is 1. The van der Waals surface area contributed by atoms with E-state index in [1.165, 1.54) is 28.4 Å². The number of hydrogen-bond donors (Lipinski definition) is 3. The first-order valence-electron chi connectivity index (χ1n) is 22.7. The lowest BCUT2D eigenvalue weighted by Crippen LogP contribution is -2.52. The van der Waals surface area contributed by atoms with Gasteiger partial charge in [-0.2, -0.15) is 0 Å². The van der Waals surface area contributed by atoms with Gasteiger partial charge in [0.05, 0.1) is 31.2 Å². The van der Waals surface area contributed by atoms with Crippen LogP contribution in [0.1, 0.15) is 83.4 Å². The topological polar surface area (TPSA) is 165 Å². The van der Waals surface area contributed by atoms with E-state index in [1.807, 2.05) is 33.7 Å². The fourth-order valence-corrected chi connectivity index (χ4v) is 11.5. The Labute approximate surface area is 383 Å². The number of nitrogens with zero attached hydrogens (tertiary/aromatic N) is 7. The number of likely N-dealkylation sites (tertiary alicyclic amines) is 2. The molecule has 2 unspecified atom stereocenters. The Balaban J connectivity index is 0.697. The molecule has 5 aromatic rings. The Morgan fingerprint density at radius 3 is 2.47 bits per heavy atom. The minimum Gasteiger partial charge on any atom is -0.374 e. The Hall–Kier alpha value is -6.53. The number of nitrogens with one attached hydrogen (secondary N) is 3. The van der Waals surface area contributed by atoms with Gasteiger partial charge in [0.1, 0.15) is 17.7 Å². The van der Waals surface area contributed by atoms with Crippen LogP contribution in [0.2, 0.25) is 0 Å². The molecule has 6 aliphatic rings. The Kier molecular flexibility index (Phi) is 10.9. The number of imide groups is 1. The zero-order valence-corrected chi connectivity index (χ0v) is 36.9. The first kappa shape index (κ1) is 42.1. The van der Waals surface area contributed by atoms with Crippen molar-refractivity contribution in [1.82, 2.24) is 34.6 Å². The van der Waals surface area contributed by atoms with Crippen molar-refractivity contribution in [3.8, 4) is 11.1 Å². The van der Waals surface area contributed by atoms with Crippen LogP contribution in [0.15, 0.2) is 72.5 Å². The van der Waals surface area contributed by atoms with Gasteiger partial charge in [0, 0.05) is 71.9 Å². The average molecular weight is 915 g/mol. The maximum Gasteiger partial charge on any atom is 0.255 e. The molecule has 0 saturated carbocycles. The van der Waals surface area contributed by atoms with E-state index in [4.69, 9.17) is 0 Å². The first-order chi connectivity index (χ1) is 32.0. The third-order valence-corrected chi connectivity index (χ3v) is 15.0. The molecule has 340 valence electrons. The maximum atomic E-state index is 16.0. The van der Waals surface area contributed by atoms with Crippen molar-refractivity contribution >= 4 is 57.4 Å². The van der Waals surface area contributed by atoms with E-state index in [0.717, 1.165) is 55.6 Å². The number of anilines is 3. The summed E-state index contributed by atoms with van der Waals surface area (Å²) in [5.74, 6) is -2.28. The van der Waals surface area contributed by atoms with Crippen LogP contribution in [0.4, 0.5) is 25.3 Å². The molecule has 0 radical (unpaired) electrons. The van der Waals surface area contributed by atoms with Gasteiger partial charge in [-0.05, 0) is 111 Å². The fourth-order valence-electron chi connectivity index (χ4n) is 11.0. The van der Waals surface area contributed by atoms with Crippen molar-refractivity contribution in [2.75, 3.05) is 48.3 Å². The molecule has 2 aromatic heterocycles. The first-order valence-corrected chi connectivity index (χ1v) is 23.6. The molecule has 4 fully saturated rings. The monoisotopic (exact) mass is 914 g/mol. The van der Waals surface area contributed by atoms with Crippen LogP contribution in [-0.4, -0.2) is 110 Å². The van der Waals surface area contributed by atoms with Crippen molar-refractivity contribution in [3.63, 3.8) is 0 Å². The molecule has 0 spiro atoms. The minimum atomic E-state index is -1.06. The Morgan fingerprint density at radius 2 is 1.73 bits per heavy atom. The number of benzene rings is 3. The number of halogens is 2. The van der Waals surface area contributed by atoms with Crippen molar-refractivity contribution in [1.29, 1.82) is 0 Å². The number of carbonyl (C=O) groups excluding carboxylic acids is 5. The molecule has 6 aliphatic heterocycles. The fraction of sp³-hybridized carbons (Fsp3) is 0.396. The zero-order valence-electron chi connectivity index (χ0n) is 36.1. The quantitative estimate of drug-likeness (QED) is 0.145. The normalized spacial score (nSPS) is 22.2. The molecule has 3 N–H and O–H groups in total. The van der Waals surface area contributed by atoms with E-state index in [9.17, 15) is 24.0 Å². The van der Waals surface area contributed by atoms with Gasteiger partial charge in [0.25, 0.3) is 11.8 Å². The molecular formula is C48H48F2N10O5S. The van der Waals surface area contributed by atoms with E-state index in [-0.39, 0.29) is 59.7 Å². The Morgan fingerprint density at radius 1 is 0.894 bits per heavy atom. The number of fused-ring (bicyclic) bond motifs is 4. The van der Waals surface area contributed by atoms with E-state index in [1.54, 1.807) is 36.1 Å².